The van der Waals surface area contributed by atoms with E-state index < -0.39 is 6.09 Å². The summed E-state index contributed by atoms with van der Waals surface area (Å²) in [6.07, 6.45) is 1.17. The minimum absolute atomic E-state index is 0.0782. The molecule has 0 bridgehead atoms. The molecule has 1 aliphatic rings. The van der Waals surface area contributed by atoms with Crippen molar-refractivity contribution in [3.63, 3.8) is 0 Å². The van der Waals surface area contributed by atoms with Crippen LogP contribution in [0.15, 0.2) is 30.3 Å². The van der Waals surface area contributed by atoms with Crippen LogP contribution in [0.2, 0.25) is 0 Å². The minimum Gasteiger partial charge on any atom is -0.449 e. The number of likely N-dealkylation sites (tertiary alicyclic amines) is 1. The average Bonchev–Trinajstić information content (AvgIpc) is 3.01. The Labute approximate surface area is 170 Å². The Kier molecular flexibility index (Phi) is 6.35. The fourth-order valence-corrected chi connectivity index (χ4v) is 4.05. The Morgan fingerprint density at radius 1 is 1.28 bits per heavy atom. The van der Waals surface area contributed by atoms with Crippen LogP contribution in [0.25, 0.3) is 5.69 Å². The maximum atomic E-state index is 13.0. The lowest BCUT2D eigenvalue weighted by Crippen LogP contribution is -2.40. The van der Waals surface area contributed by atoms with Crippen LogP contribution in [-0.4, -0.2) is 47.6 Å². The van der Waals surface area contributed by atoms with Crippen molar-refractivity contribution in [1.82, 2.24) is 9.47 Å². The van der Waals surface area contributed by atoms with E-state index >= 15 is 0 Å². The van der Waals surface area contributed by atoms with Gasteiger partial charge in [-0.05, 0) is 63.6 Å². The smallest absolute Gasteiger partial charge is 0.404 e. The van der Waals surface area contributed by atoms with Gasteiger partial charge in [0, 0.05) is 35.1 Å². The standard InChI is InChI=1S/C22H26N4O3/c1-15-10-20(16(2)26(15)19-7-5-17(11-23)6-8-19)21(27)13-25-9-3-4-18(12-25)14-29-22(24)28/h5-8,10,18H,3-4,9,12-14H2,1-2H3,(H2,24,28). The number of aryl methyl sites for hydroxylation is 1. The number of ether oxygens (including phenoxy) is 1. The summed E-state index contributed by atoms with van der Waals surface area (Å²) in [4.78, 5) is 25.9. The highest BCUT2D eigenvalue weighted by Crippen LogP contribution is 2.23. The largest absolute Gasteiger partial charge is 0.449 e. The van der Waals surface area contributed by atoms with Crippen LogP contribution in [0.1, 0.15) is 40.2 Å². The predicted molar refractivity (Wildman–Crippen MR) is 109 cm³/mol. The number of nitrogens with two attached hydrogens (primary N) is 1. The zero-order chi connectivity index (χ0) is 21.0. The predicted octanol–water partition coefficient (Wildman–Crippen LogP) is 2.96. The molecule has 1 saturated heterocycles. The molecule has 2 N–H and O–H groups in total. The first-order valence-electron chi connectivity index (χ1n) is 9.76. The second-order valence-corrected chi connectivity index (χ2v) is 7.58. The van der Waals surface area contributed by atoms with Crippen molar-refractivity contribution in [3.8, 4) is 11.8 Å². The second-order valence-electron chi connectivity index (χ2n) is 7.58. The number of carbonyl (C=O) groups excluding carboxylic acids is 2. The number of nitrogens with zero attached hydrogens (tertiary/aromatic N) is 3. The highest BCUT2D eigenvalue weighted by Gasteiger charge is 2.24. The Bertz CT molecular complexity index is 940. The van der Waals surface area contributed by atoms with Gasteiger partial charge in [0.1, 0.15) is 0 Å². The first kappa shape index (κ1) is 20.6. The van der Waals surface area contributed by atoms with Crippen LogP contribution in [0, 0.1) is 31.1 Å². The maximum Gasteiger partial charge on any atom is 0.404 e. The molecule has 0 spiro atoms. The van der Waals surface area contributed by atoms with Gasteiger partial charge in [0.25, 0.3) is 0 Å². The molecule has 1 aliphatic heterocycles. The minimum atomic E-state index is -0.756. The number of benzene rings is 1. The molecule has 1 amide bonds. The number of carbonyl (C=O) groups is 2. The molecule has 7 nitrogen and oxygen atoms in total. The van der Waals surface area contributed by atoms with E-state index in [1.54, 1.807) is 12.1 Å². The fraction of sp³-hybridized carbons (Fsp3) is 0.409. The highest BCUT2D eigenvalue weighted by atomic mass is 16.5. The summed E-state index contributed by atoms with van der Waals surface area (Å²) in [6, 6.07) is 11.4. The van der Waals surface area contributed by atoms with Crippen molar-refractivity contribution in [2.24, 2.45) is 11.7 Å². The summed E-state index contributed by atoms with van der Waals surface area (Å²) in [5, 5.41) is 8.98. The molecule has 1 fully saturated rings. The molecule has 1 unspecified atom stereocenters. The van der Waals surface area contributed by atoms with Gasteiger partial charge >= 0.3 is 6.09 Å². The van der Waals surface area contributed by atoms with Crippen LogP contribution in [0.3, 0.4) is 0 Å². The Balaban J connectivity index is 1.71. The fourth-order valence-electron chi connectivity index (χ4n) is 4.05. The molecule has 2 heterocycles. The van der Waals surface area contributed by atoms with E-state index in [9.17, 15) is 9.59 Å². The van der Waals surface area contributed by atoms with Gasteiger partial charge in [0.05, 0.1) is 24.8 Å². The van der Waals surface area contributed by atoms with Crippen LogP contribution in [0.4, 0.5) is 4.79 Å². The molecule has 2 aromatic rings. The van der Waals surface area contributed by atoms with E-state index in [1.807, 2.05) is 36.6 Å². The number of amides is 1. The third kappa shape index (κ3) is 4.84. The summed E-state index contributed by atoms with van der Waals surface area (Å²) in [5.41, 5.74) is 9.16. The van der Waals surface area contributed by atoms with Gasteiger partial charge in [0.2, 0.25) is 0 Å². The molecule has 3 rings (SSSR count). The normalized spacial score (nSPS) is 16.9. The number of piperidine rings is 1. The van der Waals surface area contributed by atoms with Gasteiger partial charge in [-0.1, -0.05) is 0 Å². The molecule has 152 valence electrons. The quantitative estimate of drug-likeness (QED) is 0.759. The van der Waals surface area contributed by atoms with E-state index in [2.05, 4.69) is 11.0 Å². The van der Waals surface area contributed by atoms with Crippen molar-refractivity contribution in [2.75, 3.05) is 26.2 Å². The Morgan fingerprint density at radius 2 is 2.00 bits per heavy atom. The number of primary amides is 1. The first-order valence-corrected chi connectivity index (χ1v) is 9.76. The molecule has 0 radical (unpaired) electrons. The molecular weight excluding hydrogens is 368 g/mol. The third-order valence-corrected chi connectivity index (χ3v) is 5.42. The van der Waals surface area contributed by atoms with Crippen LogP contribution >= 0.6 is 0 Å². The second kappa shape index (κ2) is 8.93. The van der Waals surface area contributed by atoms with Gasteiger partial charge in [-0.25, -0.2) is 4.79 Å². The molecule has 7 heteroatoms. The van der Waals surface area contributed by atoms with Crippen molar-refractivity contribution in [2.45, 2.75) is 26.7 Å². The van der Waals surface area contributed by atoms with Crippen LogP contribution < -0.4 is 5.73 Å². The number of aromatic nitrogens is 1. The summed E-state index contributed by atoms with van der Waals surface area (Å²) in [6.45, 7) is 6.12. The van der Waals surface area contributed by atoms with E-state index in [-0.39, 0.29) is 11.7 Å². The monoisotopic (exact) mass is 394 g/mol. The van der Waals surface area contributed by atoms with Gasteiger partial charge in [0.15, 0.2) is 5.78 Å². The van der Waals surface area contributed by atoms with Crippen LogP contribution in [0.5, 0.6) is 0 Å². The topological polar surface area (TPSA) is 101 Å². The summed E-state index contributed by atoms with van der Waals surface area (Å²) >= 11 is 0. The van der Waals surface area contributed by atoms with Gasteiger partial charge < -0.3 is 15.0 Å². The Hall–Kier alpha value is -3.11. The summed E-state index contributed by atoms with van der Waals surface area (Å²) in [7, 11) is 0. The maximum absolute atomic E-state index is 13.0. The van der Waals surface area contributed by atoms with E-state index in [4.69, 9.17) is 15.7 Å². The molecular formula is C22H26N4O3. The highest BCUT2D eigenvalue weighted by molar-refractivity contribution is 5.99. The van der Waals surface area contributed by atoms with Crippen molar-refractivity contribution in [1.29, 1.82) is 5.26 Å². The third-order valence-electron chi connectivity index (χ3n) is 5.42. The molecule has 1 aromatic heterocycles. The lowest BCUT2D eigenvalue weighted by molar-refractivity contribution is 0.0781. The van der Waals surface area contributed by atoms with E-state index in [1.165, 1.54) is 0 Å². The number of ketones is 1. The van der Waals surface area contributed by atoms with Crippen molar-refractivity contribution < 1.29 is 14.3 Å². The number of rotatable bonds is 6. The zero-order valence-corrected chi connectivity index (χ0v) is 16.9. The number of hydrogen-bond donors (Lipinski definition) is 1. The summed E-state index contributed by atoms with van der Waals surface area (Å²) in [5.74, 6) is 0.282. The van der Waals surface area contributed by atoms with Gasteiger partial charge in [-0.15, -0.1) is 0 Å². The van der Waals surface area contributed by atoms with E-state index in [0.717, 1.165) is 36.5 Å². The lowest BCUT2D eigenvalue weighted by atomic mass is 9.98. The molecule has 1 aromatic carbocycles. The molecule has 0 saturated carbocycles. The lowest BCUT2D eigenvalue weighted by Gasteiger charge is -2.31. The molecule has 29 heavy (non-hydrogen) atoms. The number of Topliss-reactive ketones (excluding diaryl/α,β-unsaturated/α-hetero) is 1. The molecule has 0 aliphatic carbocycles. The molecule has 1 atom stereocenters. The Morgan fingerprint density at radius 3 is 2.66 bits per heavy atom. The zero-order valence-electron chi connectivity index (χ0n) is 16.9. The van der Waals surface area contributed by atoms with Gasteiger partial charge in [-0.2, -0.15) is 5.26 Å². The van der Waals surface area contributed by atoms with Crippen molar-refractivity contribution in [3.05, 3.63) is 52.8 Å². The number of hydrogen-bond acceptors (Lipinski definition) is 5. The number of nitriles is 1. The SMILES string of the molecule is Cc1cc(C(=O)CN2CCCC(COC(N)=O)C2)c(C)n1-c1ccc(C#N)cc1. The summed E-state index contributed by atoms with van der Waals surface area (Å²) < 4.78 is 6.96. The first-order chi connectivity index (χ1) is 13.9. The van der Waals surface area contributed by atoms with Crippen molar-refractivity contribution >= 4 is 11.9 Å². The van der Waals surface area contributed by atoms with E-state index in [0.29, 0.717) is 30.8 Å². The van der Waals surface area contributed by atoms with Crippen LogP contribution in [-0.2, 0) is 4.74 Å². The average molecular weight is 394 g/mol. The van der Waals surface area contributed by atoms with Gasteiger partial charge in [-0.3, -0.25) is 9.69 Å².